The summed E-state index contributed by atoms with van der Waals surface area (Å²) in [6.07, 6.45) is 0. The van der Waals surface area contributed by atoms with Gasteiger partial charge in [0.05, 0.1) is 36.6 Å². The van der Waals surface area contributed by atoms with E-state index in [0.717, 1.165) is 5.69 Å². The van der Waals surface area contributed by atoms with E-state index in [4.69, 9.17) is 0 Å². The van der Waals surface area contributed by atoms with Crippen LogP contribution < -0.4 is 4.48 Å². The van der Waals surface area contributed by atoms with Gasteiger partial charge in [0.15, 0.2) is 0 Å². The molecule has 0 unspecified atom stereocenters. The van der Waals surface area contributed by atoms with Crippen LogP contribution in [0.4, 0.5) is 11.4 Å². The van der Waals surface area contributed by atoms with E-state index < -0.39 is 0 Å². The van der Waals surface area contributed by atoms with Crippen molar-refractivity contribution in [3.8, 4) is 0 Å². The van der Waals surface area contributed by atoms with Gasteiger partial charge in [0, 0.05) is 30.0 Å². The van der Waals surface area contributed by atoms with Crippen molar-refractivity contribution < 1.29 is 4.92 Å². The van der Waals surface area contributed by atoms with Gasteiger partial charge in [0.2, 0.25) is 0 Å². The van der Waals surface area contributed by atoms with Crippen molar-refractivity contribution in [3.05, 3.63) is 32.8 Å². The number of hydrogen-bond acceptors (Lipinski definition) is 2. The van der Waals surface area contributed by atoms with Crippen LogP contribution in [0.1, 0.15) is 0 Å². The molecule has 0 fully saturated rings. The van der Waals surface area contributed by atoms with Gasteiger partial charge in [-0.15, -0.1) is 0 Å². The summed E-state index contributed by atoms with van der Waals surface area (Å²) < 4.78 is 1.08. The fourth-order valence-electron chi connectivity index (χ4n) is 1.06. The Morgan fingerprint density at radius 2 is 1.87 bits per heavy atom. The molecule has 0 N–H and O–H groups in total. The topological polar surface area (TPSA) is 43.1 Å². The Morgan fingerprint density at radius 1 is 1.33 bits per heavy atom. The molecular formula is C9H12BrN2O2Sn+. The number of hydrogen-bond donors (Lipinski definition) is 0. The minimum Gasteiger partial charge on any atom is -0.298 e. The van der Waals surface area contributed by atoms with Crippen molar-refractivity contribution in [2.24, 2.45) is 0 Å². The zero-order valence-corrected chi connectivity index (χ0v) is 13.3. The number of nitro benzene ring substituents is 1. The average molecular weight is 379 g/mol. The van der Waals surface area contributed by atoms with Gasteiger partial charge in [-0.2, -0.15) is 0 Å². The molecule has 1 rings (SSSR count). The predicted molar refractivity (Wildman–Crippen MR) is 66.1 cm³/mol. The Morgan fingerprint density at radius 3 is 2.27 bits per heavy atom. The van der Waals surface area contributed by atoms with E-state index in [1.165, 1.54) is 0 Å². The fourth-order valence-corrected chi connectivity index (χ4v) is 1.45. The molecular weight excluding hydrogens is 367 g/mol. The maximum absolute atomic E-state index is 10.7. The quantitative estimate of drug-likeness (QED) is 0.342. The largest absolute Gasteiger partial charge is 0.298 e. The number of benzene rings is 1. The Hall–Kier alpha value is -0.141. The number of rotatable bonds is 2. The van der Waals surface area contributed by atoms with Crippen LogP contribution in [0, 0.1) is 10.1 Å². The first-order valence-electron chi connectivity index (χ1n) is 4.08. The van der Waals surface area contributed by atoms with E-state index in [0.29, 0.717) is 8.96 Å². The molecule has 0 amide bonds. The van der Waals surface area contributed by atoms with E-state index in [2.05, 4.69) is 15.9 Å². The van der Waals surface area contributed by atoms with Gasteiger partial charge in [0.1, 0.15) is 5.69 Å². The number of quaternary nitrogens is 1. The zero-order chi connectivity index (χ0) is 10.9. The summed E-state index contributed by atoms with van der Waals surface area (Å²) in [4.78, 5) is 10.3. The smallest absolute Gasteiger partial charge is 0.289 e. The monoisotopic (exact) mass is 379 g/mol. The number of nitrogens with zero attached hydrogens (tertiary/aromatic N) is 2. The normalized spacial score (nSPS) is 10.7. The number of halogens is 1. The molecule has 0 aliphatic carbocycles. The summed E-state index contributed by atoms with van der Waals surface area (Å²) >= 11 is 3.15. The van der Waals surface area contributed by atoms with Crippen LogP contribution in [-0.4, -0.2) is 50.0 Å². The summed E-state index contributed by atoms with van der Waals surface area (Å²) in [5.41, 5.74) is 1.01. The molecule has 15 heavy (non-hydrogen) atoms. The first-order chi connectivity index (χ1) is 6.32. The second-order valence-electron chi connectivity index (χ2n) is 3.91. The van der Waals surface area contributed by atoms with Crippen molar-refractivity contribution in [3.63, 3.8) is 0 Å². The van der Waals surface area contributed by atoms with Gasteiger partial charge >= 0.3 is 0 Å². The van der Waals surface area contributed by atoms with Gasteiger partial charge in [-0.3, -0.25) is 14.6 Å². The molecule has 0 atom stereocenters. The van der Waals surface area contributed by atoms with Crippen LogP contribution in [0.5, 0.6) is 0 Å². The molecule has 0 aromatic heterocycles. The summed E-state index contributed by atoms with van der Waals surface area (Å²) in [5, 5.41) is 10.7. The van der Waals surface area contributed by atoms with Crippen molar-refractivity contribution in [2.45, 2.75) is 0 Å². The first kappa shape index (κ1) is 14.9. The van der Waals surface area contributed by atoms with Gasteiger partial charge in [-0.25, -0.2) is 0 Å². The second-order valence-corrected chi connectivity index (χ2v) is 4.76. The van der Waals surface area contributed by atoms with E-state index in [1.54, 1.807) is 12.1 Å². The summed E-state index contributed by atoms with van der Waals surface area (Å²) in [7, 11) is 5.90. The molecule has 0 spiro atoms. The molecule has 80 valence electrons. The van der Waals surface area contributed by atoms with E-state index >= 15 is 0 Å². The van der Waals surface area contributed by atoms with Gasteiger partial charge in [-0.05, 0) is 22.0 Å². The van der Waals surface area contributed by atoms with Crippen molar-refractivity contribution >= 4 is 51.2 Å². The van der Waals surface area contributed by atoms with Crippen LogP contribution in [-0.2, 0) is 0 Å². The van der Waals surface area contributed by atoms with E-state index in [-0.39, 0.29) is 34.5 Å². The minimum absolute atomic E-state index is 0. The summed E-state index contributed by atoms with van der Waals surface area (Å²) in [6, 6.07) is 5.16. The Labute approximate surface area is 114 Å². The average Bonchev–Trinajstić information content (AvgIpc) is 2.02. The van der Waals surface area contributed by atoms with Crippen LogP contribution >= 0.6 is 15.9 Å². The molecule has 1 aromatic carbocycles. The summed E-state index contributed by atoms with van der Waals surface area (Å²) in [5.74, 6) is 0. The van der Waals surface area contributed by atoms with Crippen LogP contribution in [0.25, 0.3) is 0 Å². The maximum Gasteiger partial charge on any atom is 0.289 e. The minimum atomic E-state index is -0.386. The van der Waals surface area contributed by atoms with Crippen molar-refractivity contribution in [1.82, 2.24) is 4.48 Å². The molecule has 4 nitrogen and oxygen atoms in total. The Kier molecular flexibility index (Phi) is 5.22. The molecule has 0 aliphatic rings. The van der Waals surface area contributed by atoms with Gasteiger partial charge < -0.3 is 0 Å². The molecule has 6 heteroatoms. The molecule has 0 aliphatic heterocycles. The molecule has 1 aromatic rings. The van der Waals surface area contributed by atoms with Crippen molar-refractivity contribution in [2.75, 3.05) is 21.1 Å². The molecule has 0 saturated carbocycles. The molecule has 0 heterocycles. The van der Waals surface area contributed by atoms with Crippen LogP contribution in [0.2, 0.25) is 0 Å². The summed E-state index contributed by atoms with van der Waals surface area (Å²) in [6.45, 7) is 0. The van der Waals surface area contributed by atoms with Crippen molar-refractivity contribution in [1.29, 1.82) is 0 Å². The predicted octanol–water partition coefficient (Wildman–Crippen LogP) is 2.17. The molecule has 0 bridgehead atoms. The third kappa shape index (κ3) is 3.73. The number of nitro groups is 1. The Balaban J connectivity index is 0.00000196. The standard InChI is InChI=1S/C9H12BrN2O2.Sn/c1-12(2,3)7-4-5-8(10)9(6-7)11(13)14;/h4-6H,1-3H3;/q+1;. The molecule has 4 radical (unpaired) electrons. The second kappa shape index (κ2) is 5.27. The fraction of sp³-hybridized carbons (Fsp3) is 0.333. The SMILES string of the molecule is C[N+](C)(C)c1ccc(Br)c([N+](=O)[O-])c1.[Sn]. The zero-order valence-electron chi connectivity index (χ0n) is 8.82. The van der Waals surface area contributed by atoms with Gasteiger partial charge in [0.25, 0.3) is 5.69 Å². The third-order valence-corrected chi connectivity index (χ3v) is 2.57. The maximum atomic E-state index is 10.7. The third-order valence-electron chi connectivity index (χ3n) is 1.90. The van der Waals surface area contributed by atoms with Crippen LogP contribution in [0.15, 0.2) is 22.7 Å². The Bertz CT molecular complexity index is 377. The van der Waals surface area contributed by atoms with Gasteiger partial charge in [-0.1, -0.05) is 0 Å². The molecule has 0 saturated heterocycles. The van der Waals surface area contributed by atoms with Crippen LogP contribution in [0.3, 0.4) is 0 Å². The van der Waals surface area contributed by atoms with E-state index in [9.17, 15) is 10.1 Å². The first-order valence-corrected chi connectivity index (χ1v) is 4.87. The van der Waals surface area contributed by atoms with E-state index in [1.807, 2.05) is 27.2 Å².